The average Bonchev–Trinajstić information content (AvgIpc) is 0.770. The lowest BCUT2D eigenvalue weighted by molar-refractivity contribution is -0.322. The Kier molecular flexibility index (Phi) is 30.3. The zero-order valence-electron chi connectivity index (χ0n) is 64.8. The average molecular weight is 1730 g/mol. The van der Waals surface area contributed by atoms with Gasteiger partial charge in [-0.25, -0.2) is 4.79 Å². The second-order valence-corrected chi connectivity index (χ2v) is 29.6. The maximum Gasteiger partial charge on any atom is 0.337 e. The van der Waals surface area contributed by atoms with Crippen molar-refractivity contribution >= 4 is 93.7 Å². The highest BCUT2D eigenvalue weighted by Gasteiger charge is 2.50. The molecule has 0 aromatic heterocycles. The van der Waals surface area contributed by atoms with Crippen molar-refractivity contribution in [1.82, 2.24) is 37.2 Å². The number of esters is 1. The van der Waals surface area contributed by atoms with Crippen LogP contribution in [0.4, 0.5) is 5.69 Å². The predicted molar refractivity (Wildman–Crippen MR) is 420 cm³/mol. The van der Waals surface area contributed by atoms with Gasteiger partial charge in [0.05, 0.1) is 73.3 Å². The Balaban J connectivity index is 1.10. The molecule has 26 N–H and O–H groups in total. The number of fused-ring (bicyclic) bond motifs is 16. The fraction of sp³-hybridized carbons (Fsp3) is 0.397. The first-order chi connectivity index (χ1) is 57.3. The number of amides is 9. The Morgan fingerprint density at radius 1 is 0.694 bits per heavy atom. The number of likely N-dealkylation sites (N-methyl/N-ethyl adjacent to an activating group) is 1. The van der Waals surface area contributed by atoms with Crippen LogP contribution in [0.2, 0.25) is 10.0 Å². The Morgan fingerprint density at radius 2 is 1.36 bits per heavy atom. The highest BCUT2D eigenvalue weighted by atomic mass is 35.5. The van der Waals surface area contributed by atoms with E-state index in [4.69, 9.17) is 94.2 Å². The van der Waals surface area contributed by atoms with E-state index in [9.17, 15) is 89.4 Å². The van der Waals surface area contributed by atoms with Crippen molar-refractivity contribution in [3.05, 3.63) is 134 Å². The molecule has 6 heterocycles. The number of nitrogens with one attached hydrogen (secondary N) is 8. The van der Waals surface area contributed by atoms with Gasteiger partial charge in [-0.15, -0.1) is 0 Å². The van der Waals surface area contributed by atoms with Crippen molar-refractivity contribution in [2.45, 2.75) is 144 Å². The predicted octanol–water partition coefficient (Wildman–Crippen LogP) is -0.157. The lowest BCUT2D eigenvalue weighted by Gasteiger charge is -2.44. The Hall–Kier alpha value is -11.8. The zero-order valence-corrected chi connectivity index (χ0v) is 66.4. The molecule has 6 aliphatic rings. The number of carbonyl (C=O) groups excluding carboxylic acids is 10. The number of carbonyl (C=O) groups is 10. The monoisotopic (exact) mass is 1730 g/mol. The van der Waals surface area contributed by atoms with Crippen LogP contribution in [0.3, 0.4) is 0 Å². The van der Waals surface area contributed by atoms with Gasteiger partial charge in [0, 0.05) is 35.9 Å². The molecule has 43 heteroatoms. The van der Waals surface area contributed by atoms with Crippen LogP contribution in [0.5, 0.6) is 57.5 Å². The standard InChI is InChI=1S/C78H90Cl2N12O29/c1-30(2)17-43(86-4)73(108)92-63-65(102)34-7-11-49(40(80)20-34)117-52-22-35-21-51(69(52)121-78-70(68(105)67(104)53(28-93)119-78)120-57-25-42(82)64(101)31(3)115-57)116-48-10-6-32(19-39(48)79)46(96)27-55(99)89-62(75(110)87-13-14-113-15-16-114-29-56(100)118-50-12-8-41(81)66(103)59(50)71(84)106)38-23-36(94)24-47(97)58(38)37-18-33(5-9-45(37)95)60(72(85)107)90-76(111)61(35)91-74(109)44(26-54(83)98)88-77(63)112/h5-12,18-24,30-31,43-44,46,53,57,60-65,67-68,70,78,82,86,93-97,101-105H,13-17,25-29,81H2,1-4H3,(H2,83,98)(H2,84,106)(H2,85,107)(H,87,110)(H,88,112)(H,89,99)(H,90,111)(H,91,109)(H,92,108)/t31-,43-,44+,46+,53+,57-,60-,61-,62-,63-,64-,65-,67-,68+,70+,78?/m1/s1. The molecule has 41 nitrogen and oxygen atoms in total. The van der Waals surface area contributed by atoms with Gasteiger partial charge in [0.25, 0.3) is 5.91 Å². The Labute approximate surface area is 697 Å². The van der Waals surface area contributed by atoms with Crippen LogP contribution in [0.15, 0.2) is 91.0 Å². The van der Waals surface area contributed by atoms with E-state index >= 15 is 9.59 Å². The number of ether oxygens (including phenoxy) is 9. The van der Waals surface area contributed by atoms with Crippen LogP contribution in [0.25, 0.3) is 11.1 Å². The Bertz CT molecular complexity index is 4950. The van der Waals surface area contributed by atoms with E-state index in [0.29, 0.717) is 0 Å². The lowest BCUT2D eigenvalue weighted by Crippen LogP contribution is -2.62. The van der Waals surface area contributed by atoms with Crippen molar-refractivity contribution in [2.75, 3.05) is 52.4 Å². The summed E-state index contributed by atoms with van der Waals surface area (Å²) in [6, 6.07) is 3.93. The molecule has 6 aromatic rings. The normalized spacial score (nSPS) is 24.2. The van der Waals surface area contributed by atoms with E-state index in [2.05, 4.69) is 37.2 Å². The van der Waals surface area contributed by atoms with Gasteiger partial charge in [-0.3, -0.25) is 43.2 Å². The summed E-state index contributed by atoms with van der Waals surface area (Å²) in [4.78, 5) is 142. The molecule has 6 aromatic carbocycles. The van der Waals surface area contributed by atoms with Gasteiger partial charge in [0.2, 0.25) is 59.3 Å². The number of phenols is 4. The van der Waals surface area contributed by atoms with Crippen molar-refractivity contribution in [2.24, 2.45) is 23.1 Å². The number of halogens is 2. The topological polar surface area (TPSA) is 668 Å². The number of hydrogen-bond acceptors (Lipinski definition) is 32. The fourth-order valence-corrected chi connectivity index (χ4v) is 13.9. The number of aliphatic hydroxyl groups is 6. The van der Waals surface area contributed by atoms with E-state index in [1.165, 1.54) is 26.1 Å². The summed E-state index contributed by atoms with van der Waals surface area (Å²) in [5, 5.41) is 139. The van der Waals surface area contributed by atoms with Gasteiger partial charge in [0.15, 0.2) is 29.6 Å². The lowest BCUT2D eigenvalue weighted by atomic mass is 9.90. The summed E-state index contributed by atoms with van der Waals surface area (Å²) < 4.78 is 54.1. The molecule has 0 aliphatic carbocycles. The minimum absolute atomic E-state index is 0.120. The van der Waals surface area contributed by atoms with Crippen molar-refractivity contribution in [3.8, 4) is 68.6 Å². The molecule has 2 fully saturated rings. The molecule has 9 bridgehead atoms. The largest absolute Gasteiger partial charge is 0.508 e. The first-order valence-corrected chi connectivity index (χ1v) is 38.1. The number of benzene rings is 6. The molecule has 1 unspecified atom stereocenters. The number of hydrogen-bond donors (Lipinski definition) is 22. The number of nitrogens with two attached hydrogens (primary N) is 4. The van der Waals surface area contributed by atoms with E-state index in [0.717, 1.165) is 78.9 Å². The molecule has 650 valence electrons. The highest BCUT2D eigenvalue weighted by Crippen LogP contribution is 2.50. The van der Waals surface area contributed by atoms with Crippen LogP contribution >= 0.6 is 23.2 Å². The first-order valence-electron chi connectivity index (χ1n) is 37.4. The maximum absolute atomic E-state index is 16.0. The van der Waals surface area contributed by atoms with Crippen LogP contribution in [-0.2, 0) is 66.8 Å². The molecular formula is C78H90Cl2N12O29. The third-order valence-corrected chi connectivity index (χ3v) is 20.2. The highest BCUT2D eigenvalue weighted by molar-refractivity contribution is 6.32. The molecular weight excluding hydrogens is 1640 g/mol. The van der Waals surface area contributed by atoms with Gasteiger partial charge in [0.1, 0.15) is 107 Å². The summed E-state index contributed by atoms with van der Waals surface area (Å²) in [5.74, 6) is -18.7. The fourth-order valence-electron chi connectivity index (χ4n) is 13.5. The van der Waals surface area contributed by atoms with E-state index in [1.54, 1.807) is 13.8 Å². The number of aliphatic hydroxyl groups excluding tert-OH is 6. The second-order valence-electron chi connectivity index (χ2n) is 28.8. The van der Waals surface area contributed by atoms with Crippen LogP contribution in [0.1, 0.15) is 115 Å². The summed E-state index contributed by atoms with van der Waals surface area (Å²) in [6.45, 7) is 2.09. The summed E-state index contributed by atoms with van der Waals surface area (Å²) in [7, 11) is 1.46. The third kappa shape index (κ3) is 22.1. The van der Waals surface area contributed by atoms with Gasteiger partial charge >= 0.3 is 5.97 Å². The van der Waals surface area contributed by atoms with E-state index < -0.39 is 279 Å². The zero-order chi connectivity index (χ0) is 88.3. The first kappa shape index (κ1) is 91.5. The molecule has 9 amide bonds. The van der Waals surface area contributed by atoms with Gasteiger partial charge in [-0.1, -0.05) is 55.2 Å². The smallest absolute Gasteiger partial charge is 0.337 e. The number of anilines is 1. The molecule has 16 atom stereocenters. The molecule has 6 aliphatic heterocycles. The minimum atomic E-state index is -2.37. The number of aromatic hydroxyl groups is 4. The third-order valence-electron chi connectivity index (χ3n) is 19.6. The molecule has 0 radical (unpaired) electrons. The molecule has 121 heavy (non-hydrogen) atoms. The minimum Gasteiger partial charge on any atom is -0.508 e. The number of rotatable bonds is 24. The second kappa shape index (κ2) is 40.0. The van der Waals surface area contributed by atoms with Crippen molar-refractivity contribution in [3.63, 3.8) is 0 Å². The Morgan fingerprint density at radius 3 is 1.98 bits per heavy atom. The van der Waals surface area contributed by atoms with Crippen molar-refractivity contribution < 1.29 is 142 Å². The summed E-state index contributed by atoms with van der Waals surface area (Å²) in [6.07, 6.45) is -20.0. The SMILES string of the molecule is CN[C@H](CC(C)C)C(=O)N[C@H]1C(=O)N[C@@H](CC(N)=O)C(=O)N[C@H]2C(=O)N[C@@H](C(N)=O)c3ccc(O)c(c3)-c3c(O)cc(O)cc3[C@H](C(=O)NCCOCCOCC(=O)Oc3ccc(N)c(O)c3C(N)=O)NC(=O)C[C@H](O)c3ccc(c(Cl)c3)Oc3cc2cc(c3OC2O[C@@H](CO)[C@@H](O)[C@H](O)[C@@H]2O[C@@H]2CC(=N)[C@H](O)[C@@H](C)O2)Oc2ccc(cc2Cl)[C@H]1O. The van der Waals surface area contributed by atoms with Crippen LogP contribution in [-0.4, -0.2) is 230 Å². The molecule has 2 saturated heterocycles. The van der Waals surface area contributed by atoms with Crippen LogP contribution in [0, 0.1) is 11.3 Å². The maximum atomic E-state index is 16.0. The molecule has 0 spiro atoms. The molecule has 12 rings (SSSR count). The molecule has 0 saturated carbocycles. The van der Waals surface area contributed by atoms with Crippen molar-refractivity contribution in [1.29, 1.82) is 5.41 Å². The number of phenolic OH excluding ortho intramolecular Hbond substituents is 3. The van der Waals surface area contributed by atoms with E-state index in [1.807, 2.05) is 0 Å². The number of nitrogen functional groups attached to an aromatic ring is 1. The summed E-state index contributed by atoms with van der Waals surface area (Å²) >= 11 is 14.2. The summed E-state index contributed by atoms with van der Waals surface area (Å²) in [5.41, 5.74) is 19.0. The van der Waals surface area contributed by atoms with Gasteiger partial charge < -0.3 is 159 Å². The number of primary amides is 3. The van der Waals surface area contributed by atoms with Gasteiger partial charge in [-0.2, -0.15) is 0 Å². The van der Waals surface area contributed by atoms with Gasteiger partial charge in [-0.05, 0) is 121 Å². The van der Waals surface area contributed by atoms with Crippen LogP contribution < -0.4 is 79.1 Å². The quantitative estimate of drug-likeness (QED) is 0.0123. The van der Waals surface area contributed by atoms with E-state index in [-0.39, 0.29) is 72.5 Å².